The summed E-state index contributed by atoms with van der Waals surface area (Å²) in [5.41, 5.74) is 8.18. The van der Waals surface area contributed by atoms with Gasteiger partial charge in [-0.15, -0.1) is 11.3 Å². The minimum atomic E-state index is -0.0113. The Morgan fingerprint density at radius 1 is 1.38 bits per heavy atom. The number of aromatic nitrogens is 1. The molecule has 2 heterocycles. The summed E-state index contributed by atoms with van der Waals surface area (Å²) in [5, 5.41) is 0. The molecule has 0 aliphatic rings. The number of halogens is 1. The van der Waals surface area contributed by atoms with E-state index in [2.05, 4.69) is 4.98 Å². The molecule has 0 radical (unpaired) electrons. The van der Waals surface area contributed by atoms with Gasteiger partial charge in [-0.1, -0.05) is 17.7 Å². The Hall–Kier alpha value is -0.900. The molecule has 2 rings (SSSR count). The molecule has 1 atom stereocenters. The molecule has 2 nitrogen and oxygen atoms in total. The van der Waals surface area contributed by atoms with E-state index >= 15 is 0 Å². The Labute approximate surface area is 104 Å². The second-order valence-corrected chi connectivity index (χ2v) is 5.55. The van der Waals surface area contributed by atoms with Crippen LogP contribution in [-0.4, -0.2) is 4.98 Å². The third-order valence-corrected chi connectivity index (χ3v) is 3.67. The monoisotopic (exact) mass is 252 g/mol. The summed E-state index contributed by atoms with van der Waals surface area (Å²) < 4.78 is 0.809. The zero-order valence-electron chi connectivity index (χ0n) is 8.98. The minimum absolute atomic E-state index is 0.0113. The maximum absolute atomic E-state index is 6.11. The normalized spacial score (nSPS) is 12.7. The second-order valence-electron chi connectivity index (χ2n) is 3.75. The molecule has 2 N–H and O–H groups in total. The van der Waals surface area contributed by atoms with E-state index in [-0.39, 0.29) is 6.04 Å². The number of nitrogens with zero attached hydrogens (tertiary/aromatic N) is 1. The molecule has 0 fully saturated rings. The highest BCUT2D eigenvalue weighted by atomic mass is 35.5. The maximum atomic E-state index is 6.11. The van der Waals surface area contributed by atoms with Gasteiger partial charge in [-0.3, -0.25) is 4.98 Å². The summed E-state index contributed by atoms with van der Waals surface area (Å²) in [5.74, 6) is 0. The van der Waals surface area contributed by atoms with Gasteiger partial charge in [0.15, 0.2) is 0 Å². The van der Waals surface area contributed by atoms with Crippen LogP contribution >= 0.6 is 22.9 Å². The van der Waals surface area contributed by atoms with Crippen molar-refractivity contribution in [3.63, 3.8) is 0 Å². The molecule has 0 aliphatic carbocycles. The lowest BCUT2D eigenvalue weighted by molar-refractivity contribution is 0.725. The lowest BCUT2D eigenvalue weighted by Crippen LogP contribution is -2.12. The molecule has 0 aliphatic heterocycles. The van der Waals surface area contributed by atoms with Crippen molar-refractivity contribution in [2.75, 3.05) is 0 Å². The lowest BCUT2D eigenvalue weighted by Gasteiger charge is -2.10. The third-order valence-electron chi connectivity index (χ3n) is 2.41. The number of rotatable bonds is 3. The quantitative estimate of drug-likeness (QED) is 0.910. The van der Waals surface area contributed by atoms with E-state index in [0.29, 0.717) is 0 Å². The van der Waals surface area contributed by atoms with Gasteiger partial charge in [0.05, 0.1) is 4.34 Å². The van der Waals surface area contributed by atoms with Crippen LogP contribution in [0.2, 0.25) is 4.34 Å². The van der Waals surface area contributed by atoms with Crippen LogP contribution in [0.1, 0.15) is 22.2 Å². The SMILES string of the molecule is Cc1ccc(C(N)Cc2ccc(Cl)s2)cn1. The molecule has 1 unspecified atom stereocenters. The molecule has 2 aromatic heterocycles. The predicted octanol–water partition coefficient (Wildman–Crippen LogP) is 3.35. The molecule has 0 spiro atoms. The Morgan fingerprint density at radius 2 is 2.19 bits per heavy atom. The summed E-state index contributed by atoms with van der Waals surface area (Å²) in [6.07, 6.45) is 2.65. The summed E-state index contributed by atoms with van der Waals surface area (Å²) in [4.78, 5) is 5.45. The van der Waals surface area contributed by atoms with Crippen molar-refractivity contribution >= 4 is 22.9 Å². The van der Waals surface area contributed by atoms with E-state index in [1.807, 2.05) is 37.4 Å². The standard InChI is InChI=1S/C12H13ClN2S/c1-8-2-3-9(7-15-8)11(14)6-10-4-5-12(13)16-10/h2-5,7,11H,6,14H2,1H3. The van der Waals surface area contributed by atoms with Gasteiger partial charge in [-0.05, 0) is 30.7 Å². The van der Waals surface area contributed by atoms with Crippen molar-refractivity contribution in [3.05, 3.63) is 50.9 Å². The van der Waals surface area contributed by atoms with Crippen LogP contribution in [0.15, 0.2) is 30.5 Å². The van der Waals surface area contributed by atoms with Crippen LogP contribution < -0.4 is 5.73 Å². The molecule has 0 amide bonds. The Morgan fingerprint density at radius 3 is 2.75 bits per heavy atom. The van der Waals surface area contributed by atoms with Crippen LogP contribution in [0.3, 0.4) is 0 Å². The summed E-state index contributed by atoms with van der Waals surface area (Å²) in [6.45, 7) is 1.97. The van der Waals surface area contributed by atoms with Crippen LogP contribution in [0.4, 0.5) is 0 Å². The number of aryl methyl sites for hydroxylation is 1. The smallest absolute Gasteiger partial charge is 0.0931 e. The molecular formula is C12H13ClN2S. The van der Waals surface area contributed by atoms with E-state index < -0.39 is 0 Å². The average Bonchev–Trinajstić information content (AvgIpc) is 2.65. The van der Waals surface area contributed by atoms with Gasteiger partial charge >= 0.3 is 0 Å². The van der Waals surface area contributed by atoms with Crippen LogP contribution in [0.5, 0.6) is 0 Å². The number of nitrogens with two attached hydrogens (primary N) is 1. The van der Waals surface area contributed by atoms with Gasteiger partial charge in [0.25, 0.3) is 0 Å². The molecule has 4 heteroatoms. The molecule has 0 saturated carbocycles. The highest BCUT2D eigenvalue weighted by molar-refractivity contribution is 7.16. The Balaban J connectivity index is 2.08. The predicted molar refractivity (Wildman–Crippen MR) is 68.9 cm³/mol. The van der Waals surface area contributed by atoms with E-state index in [4.69, 9.17) is 17.3 Å². The first-order valence-electron chi connectivity index (χ1n) is 5.07. The number of hydrogen-bond donors (Lipinski definition) is 1. The van der Waals surface area contributed by atoms with Gasteiger partial charge in [0, 0.05) is 29.2 Å². The Kier molecular flexibility index (Phi) is 3.59. The fourth-order valence-corrected chi connectivity index (χ4v) is 2.64. The van der Waals surface area contributed by atoms with Gasteiger partial charge in [-0.25, -0.2) is 0 Å². The molecule has 0 bridgehead atoms. The van der Waals surface area contributed by atoms with Crippen molar-refractivity contribution in [3.8, 4) is 0 Å². The fourth-order valence-electron chi connectivity index (χ4n) is 1.49. The summed E-state index contributed by atoms with van der Waals surface area (Å²) >= 11 is 7.45. The van der Waals surface area contributed by atoms with E-state index in [1.54, 1.807) is 11.3 Å². The van der Waals surface area contributed by atoms with Crippen LogP contribution in [0, 0.1) is 6.92 Å². The van der Waals surface area contributed by atoms with Crippen LogP contribution in [-0.2, 0) is 6.42 Å². The zero-order chi connectivity index (χ0) is 11.5. The highest BCUT2D eigenvalue weighted by Crippen LogP contribution is 2.25. The zero-order valence-corrected chi connectivity index (χ0v) is 10.6. The van der Waals surface area contributed by atoms with Gasteiger partial charge in [-0.2, -0.15) is 0 Å². The lowest BCUT2D eigenvalue weighted by atomic mass is 10.1. The average molecular weight is 253 g/mol. The topological polar surface area (TPSA) is 38.9 Å². The number of thiophene rings is 1. The molecule has 16 heavy (non-hydrogen) atoms. The van der Waals surface area contributed by atoms with E-state index in [0.717, 1.165) is 22.0 Å². The van der Waals surface area contributed by atoms with Crippen molar-refractivity contribution in [2.24, 2.45) is 5.73 Å². The second kappa shape index (κ2) is 4.95. The van der Waals surface area contributed by atoms with Gasteiger partial charge in [0.1, 0.15) is 0 Å². The molecular weight excluding hydrogens is 240 g/mol. The maximum Gasteiger partial charge on any atom is 0.0931 e. The molecule has 2 aromatic rings. The first-order chi connectivity index (χ1) is 7.65. The molecule has 84 valence electrons. The Bertz CT molecular complexity index is 464. The van der Waals surface area contributed by atoms with Crippen molar-refractivity contribution in [2.45, 2.75) is 19.4 Å². The summed E-state index contributed by atoms with van der Waals surface area (Å²) in [7, 11) is 0. The minimum Gasteiger partial charge on any atom is -0.324 e. The molecule has 0 saturated heterocycles. The third kappa shape index (κ3) is 2.82. The van der Waals surface area contributed by atoms with Crippen molar-refractivity contribution < 1.29 is 0 Å². The van der Waals surface area contributed by atoms with E-state index in [1.165, 1.54) is 4.88 Å². The first-order valence-corrected chi connectivity index (χ1v) is 6.27. The van der Waals surface area contributed by atoms with E-state index in [9.17, 15) is 0 Å². The van der Waals surface area contributed by atoms with Crippen molar-refractivity contribution in [1.82, 2.24) is 4.98 Å². The molecule has 0 aromatic carbocycles. The number of hydrogen-bond acceptors (Lipinski definition) is 3. The first kappa shape index (κ1) is 11.6. The fraction of sp³-hybridized carbons (Fsp3) is 0.250. The number of pyridine rings is 1. The largest absolute Gasteiger partial charge is 0.324 e. The summed E-state index contributed by atoms with van der Waals surface area (Å²) in [6, 6.07) is 7.93. The van der Waals surface area contributed by atoms with Crippen molar-refractivity contribution in [1.29, 1.82) is 0 Å². The van der Waals surface area contributed by atoms with Gasteiger partial charge in [0.2, 0.25) is 0 Å². The van der Waals surface area contributed by atoms with Gasteiger partial charge < -0.3 is 5.73 Å². The highest BCUT2D eigenvalue weighted by Gasteiger charge is 2.08. The van der Waals surface area contributed by atoms with Crippen LogP contribution in [0.25, 0.3) is 0 Å².